The molecule has 17 nitrogen and oxygen atoms in total. The van der Waals surface area contributed by atoms with Crippen LogP contribution >= 0.6 is 0 Å². The van der Waals surface area contributed by atoms with Gasteiger partial charge in [0.05, 0.1) is 28.9 Å². The number of methoxy groups -OCH3 is 3. The first-order valence-electron chi connectivity index (χ1n) is 20.5. The molecule has 3 heterocycles. The fraction of sp³-hybridized carbons (Fsp3) is 0.404. The number of ether oxygens (including phenoxy) is 12. The van der Waals surface area contributed by atoms with Crippen molar-refractivity contribution >= 4 is 23.9 Å². The van der Waals surface area contributed by atoms with Gasteiger partial charge in [-0.05, 0) is 62.4 Å². The van der Waals surface area contributed by atoms with Gasteiger partial charge in [0.25, 0.3) is 0 Å². The summed E-state index contributed by atoms with van der Waals surface area (Å²) in [7, 11) is 4.13. The number of rotatable bonds is 15. The first-order chi connectivity index (χ1) is 30.9. The minimum atomic E-state index is -1.68. The lowest BCUT2D eigenvalue weighted by molar-refractivity contribution is -0.480. The average Bonchev–Trinajstić information content (AvgIpc) is 3.33. The smallest absolute Gasteiger partial charge is 0.338 e. The molecule has 17 heteroatoms. The zero-order valence-electron chi connectivity index (χ0n) is 35.7. The monoisotopic (exact) mass is 886 g/mol. The molecular formula is C47H50O17. The van der Waals surface area contributed by atoms with E-state index in [2.05, 4.69) is 0 Å². The fourth-order valence-electron chi connectivity index (χ4n) is 7.55. The lowest BCUT2D eigenvalue weighted by atomic mass is 9.94. The Kier molecular flexibility index (Phi) is 14.9. The molecule has 3 saturated heterocycles. The van der Waals surface area contributed by atoms with Crippen molar-refractivity contribution < 1.29 is 81.1 Å². The summed E-state index contributed by atoms with van der Waals surface area (Å²) < 4.78 is 73.0. The van der Waals surface area contributed by atoms with Crippen molar-refractivity contribution in [2.24, 2.45) is 0 Å². The SMILES string of the molecule is CO[C@H]1O[C@H](CO[C@H]2O[C@H](COC(=O)c3ccccc3)[C@@H](OC(=O)c3ccccc3)[C@H](OC(=O)c3ccccc3)[C@@H]2OC(=O)c2ccccc2)[C@H]2OC(C)(OC)C(C)(OC)O[C@@H]2[C@@H]1O. The van der Waals surface area contributed by atoms with Crippen LogP contribution in [-0.4, -0.2) is 137 Å². The molecule has 0 aromatic heterocycles. The molecule has 3 fully saturated rings. The molecule has 2 unspecified atom stereocenters. The molecule has 0 radical (unpaired) electrons. The van der Waals surface area contributed by atoms with Gasteiger partial charge in [-0.2, -0.15) is 0 Å². The number of esters is 4. The molecule has 0 bridgehead atoms. The third-order valence-corrected chi connectivity index (χ3v) is 11.3. The third-order valence-electron chi connectivity index (χ3n) is 11.3. The second-order valence-corrected chi connectivity index (χ2v) is 15.3. The predicted molar refractivity (Wildman–Crippen MR) is 221 cm³/mol. The maximum absolute atomic E-state index is 14.0. The summed E-state index contributed by atoms with van der Waals surface area (Å²) in [5.41, 5.74) is 0.582. The molecule has 0 amide bonds. The van der Waals surface area contributed by atoms with Crippen LogP contribution in [0.1, 0.15) is 55.3 Å². The van der Waals surface area contributed by atoms with Crippen molar-refractivity contribution in [2.75, 3.05) is 34.5 Å². The van der Waals surface area contributed by atoms with Crippen molar-refractivity contribution in [3.63, 3.8) is 0 Å². The van der Waals surface area contributed by atoms with Crippen LogP contribution in [0.4, 0.5) is 0 Å². The largest absolute Gasteiger partial charge is 0.459 e. The topological polar surface area (TPSA) is 199 Å². The van der Waals surface area contributed by atoms with Crippen LogP contribution in [0.2, 0.25) is 0 Å². The number of hydrogen-bond donors (Lipinski definition) is 1. The number of fused-ring (bicyclic) bond motifs is 1. The van der Waals surface area contributed by atoms with E-state index in [-0.39, 0.29) is 22.3 Å². The summed E-state index contributed by atoms with van der Waals surface area (Å²) in [6.07, 6.45) is -14.0. The Hall–Kier alpha value is -5.60. The van der Waals surface area contributed by atoms with Gasteiger partial charge in [-0.3, -0.25) is 0 Å². The molecule has 0 aliphatic carbocycles. The van der Waals surface area contributed by atoms with Crippen LogP contribution in [-0.2, 0) is 56.8 Å². The van der Waals surface area contributed by atoms with E-state index in [0.717, 1.165) is 0 Å². The average molecular weight is 887 g/mol. The normalized spacial score (nSPS) is 31.2. The summed E-state index contributed by atoms with van der Waals surface area (Å²) in [4.78, 5) is 55.3. The van der Waals surface area contributed by atoms with Crippen LogP contribution < -0.4 is 0 Å². The Balaban J connectivity index is 1.28. The molecule has 4 aromatic carbocycles. The molecule has 0 saturated carbocycles. The number of benzene rings is 4. The van der Waals surface area contributed by atoms with Crippen LogP contribution in [0.3, 0.4) is 0 Å². The second kappa shape index (κ2) is 20.5. The van der Waals surface area contributed by atoms with E-state index in [1.807, 2.05) is 0 Å². The molecule has 3 aliphatic heterocycles. The predicted octanol–water partition coefficient (Wildman–Crippen LogP) is 4.50. The number of carbonyl (C=O) groups excluding carboxylic acids is 4. The minimum absolute atomic E-state index is 0.115. The van der Waals surface area contributed by atoms with Crippen molar-refractivity contribution in [3.8, 4) is 0 Å². The second-order valence-electron chi connectivity index (χ2n) is 15.3. The van der Waals surface area contributed by atoms with Crippen LogP contribution in [0.25, 0.3) is 0 Å². The third kappa shape index (κ3) is 10.0. The summed E-state index contributed by atoms with van der Waals surface area (Å²) in [5.74, 6) is -6.40. The highest BCUT2D eigenvalue weighted by Crippen LogP contribution is 2.44. The Morgan fingerprint density at radius 1 is 0.516 bits per heavy atom. The van der Waals surface area contributed by atoms with Gasteiger partial charge < -0.3 is 61.9 Å². The van der Waals surface area contributed by atoms with Crippen LogP contribution in [0.5, 0.6) is 0 Å². The quantitative estimate of drug-likeness (QED) is 0.129. The number of carbonyl (C=O) groups is 4. The van der Waals surface area contributed by atoms with Gasteiger partial charge in [0, 0.05) is 21.3 Å². The van der Waals surface area contributed by atoms with Crippen LogP contribution in [0.15, 0.2) is 121 Å². The Bertz CT molecular complexity index is 2180. The van der Waals surface area contributed by atoms with Gasteiger partial charge in [0.2, 0.25) is 11.6 Å². The molecule has 1 N–H and O–H groups in total. The van der Waals surface area contributed by atoms with E-state index >= 15 is 0 Å². The Morgan fingerprint density at radius 3 is 1.38 bits per heavy atom. The highest BCUT2D eigenvalue weighted by molar-refractivity contribution is 5.91. The van der Waals surface area contributed by atoms with Crippen LogP contribution in [0, 0.1) is 0 Å². The summed E-state index contributed by atoms with van der Waals surface area (Å²) in [6, 6.07) is 32.1. The van der Waals surface area contributed by atoms with Gasteiger partial charge in [-0.15, -0.1) is 0 Å². The standard InChI is InChI=1S/C47H50O17/c1-46(54-4)47(2,55-5)64-37-34(48)44(53-3)58-33(36(37)63-46)27-57-45-39(62-43(52)31-24-16-9-17-25-31)38(61-42(51)30-22-14-8-15-23-30)35(60-41(50)29-20-12-7-13-21-29)32(59-45)26-56-40(49)28-18-10-6-11-19-28/h6-25,32-39,44-45,48H,26-27H2,1-5H3/t32-,33-,34+,35-,36-,37-,38+,39+,44+,45+,46?,47?/m1/s1. The first kappa shape index (κ1) is 46.4. The van der Waals surface area contributed by atoms with E-state index < -0.39 is 110 Å². The van der Waals surface area contributed by atoms with Crippen molar-refractivity contribution in [1.82, 2.24) is 0 Å². The lowest BCUT2D eigenvalue weighted by Crippen LogP contribution is -2.73. The summed E-state index contributed by atoms with van der Waals surface area (Å²) in [6.45, 7) is 2.18. The highest BCUT2D eigenvalue weighted by atomic mass is 16.8. The van der Waals surface area contributed by atoms with Gasteiger partial charge in [-0.25, -0.2) is 19.2 Å². The van der Waals surface area contributed by atoms with E-state index in [4.69, 9.17) is 56.8 Å². The Labute approximate surface area is 369 Å². The Morgan fingerprint density at radius 2 is 0.922 bits per heavy atom. The summed E-state index contributed by atoms with van der Waals surface area (Å²) in [5, 5.41) is 11.3. The van der Waals surface area contributed by atoms with Crippen molar-refractivity contribution in [2.45, 2.75) is 86.8 Å². The van der Waals surface area contributed by atoms with E-state index in [1.54, 1.807) is 98.8 Å². The van der Waals surface area contributed by atoms with E-state index in [9.17, 15) is 24.3 Å². The molecule has 4 aromatic rings. The van der Waals surface area contributed by atoms with E-state index in [0.29, 0.717) is 0 Å². The minimum Gasteiger partial charge on any atom is -0.459 e. The lowest BCUT2D eigenvalue weighted by Gasteiger charge is -2.56. The van der Waals surface area contributed by atoms with Gasteiger partial charge in [0.15, 0.2) is 30.9 Å². The highest BCUT2D eigenvalue weighted by Gasteiger charge is 2.63. The zero-order valence-corrected chi connectivity index (χ0v) is 35.7. The molecule has 340 valence electrons. The fourth-order valence-corrected chi connectivity index (χ4v) is 7.55. The van der Waals surface area contributed by atoms with Crippen molar-refractivity contribution in [1.29, 1.82) is 0 Å². The van der Waals surface area contributed by atoms with Gasteiger partial charge in [0.1, 0.15) is 37.1 Å². The molecule has 64 heavy (non-hydrogen) atoms. The van der Waals surface area contributed by atoms with Crippen molar-refractivity contribution in [3.05, 3.63) is 144 Å². The maximum atomic E-state index is 14.0. The molecular weight excluding hydrogens is 836 g/mol. The van der Waals surface area contributed by atoms with Gasteiger partial charge >= 0.3 is 23.9 Å². The first-order valence-corrected chi connectivity index (χ1v) is 20.5. The molecule has 12 atom stereocenters. The number of hydrogen-bond acceptors (Lipinski definition) is 17. The molecule has 7 rings (SSSR count). The number of aliphatic hydroxyl groups is 1. The van der Waals surface area contributed by atoms with E-state index in [1.165, 1.54) is 57.7 Å². The van der Waals surface area contributed by atoms with Gasteiger partial charge in [-0.1, -0.05) is 72.8 Å². The summed E-state index contributed by atoms with van der Waals surface area (Å²) >= 11 is 0. The maximum Gasteiger partial charge on any atom is 0.338 e. The molecule has 0 spiro atoms. The molecule has 3 aliphatic rings. The number of aliphatic hydroxyl groups excluding tert-OH is 1. The zero-order chi connectivity index (χ0) is 45.4.